The van der Waals surface area contributed by atoms with E-state index in [2.05, 4.69) is 5.32 Å². The van der Waals surface area contributed by atoms with Crippen LogP contribution < -0.4 is 11.1 Å². The summed E-state index contributed by atoms with van der Waals surface area (Å²) in [5.41, 5.74) is 4.92. The average Bonchev–Trinajstić information content (AvgIpc) is 2.42. The Balaban J connectivity index is 2.60. The van der Waals surface area contributed by atoms with E-state index in [0.717, 1.165) is 25.0 Å². The van der Waals surface area contributed by atoms with Crippen molar-refractivity contribution in [3.05, 3.63) is 35.4 Å². The highest BCUT2D eigenvalue weighted by molar-refractivity contribution is 5.94. The maximum atomic E-state index is 12.4. The van der Waals surface area contributed by atoms with E-state index in [1.807, 2.05) is 6.92 Å². The zero-order valence-corrected chi connectivity index (χ0v) is 11.3. The Kier molecular flexibility index (Phi) is 6.01. The van der Waals surface area contributed by atoms with Crippen molar-refractivity contribution in [1.82, 2.24) is 5.32 Å². The topological polar surface area (TPSA) is 55.1 Å². The number of carbonyl (C=O) groups excluding carboxylic acids is 1. The minimum absolute atomic E-state index is 0.223. The molecule has 0 fully saturated rings. The molecule has 0 saturated carbocycles. The lowest BCUT2D eigenvalue weighted by atomic mass is 10.0. The largest absolute Gasteiger partial charge is 0.416 e. The van der Waals surface area contributed by atoms with Crippen LogP contribution in [0.4, 0.5) is 13.2 Å². The lowest BCUT2D eigenvalue weighted by molar-refractivity contribution is -0.137. The molecule has 3 nitrogen and oxygen atoms in total. The van der Waals surface area contributed by atoms with E-state index >= 15 is 0 Å². The molecular formula is C14H19F3N2O. The normalized spacial score (nSPS) is 13.1. The second-order valence-electron chi connectivity index (χ2n) is 4.64. The molecule has 0 aromatic heterocycles. The summed E-state index contributed by atoms with van der Waals surface area (Å²) < 4.78 is 37.2. The van der Waals surface area contributed by atoms with E-state index < -0.39 is 11.7 Å². The van der Waals surface area contributed by atoms with Gasteiger partial charge in [0.2, 0.25) is 0 Å². The van der Waals surface area contributed by atoms with Crippen LogP contribution in [0.25, 0.3) is 0 Å². The maximum Gasteiger partial charge on any atom is 0.416 e. The molecule has 1 aromatic carbocycles. The first-order valence-corrected chi connectivity index (χ1v) is 6.54. The van der Waals surface area contributed by atoms with Crippen molar-refractivity contribution < 1.29 is 18.0 Å². The van der Waals surface area contributed by atoms with Gasteiger partial charge in [-0.15, -0.1) is 0 Å². The zero-order valence-electron chi connectivity index (χ0n) is 11.3. The van der Waals surface area contributed by atoms with E-state index in [-0.39, 0.29) is 11.5 Å². The van der Waals surface area contributed by atoms with E-state index in [4.69, 9.17) is 5.73 Å². The first-order valence-electron chi connectivity index (χ1n) is 6.54. The molecule has 0 aliphatic carbocycles. The number of nitrogens with two attached hydrogens (primary N) is 1. The minimum Gasteiger partial charge on any atom is -0.352 e. The predicted octanol–water partition coefficient (Wildman–Crippen LogP) is 2.81. The van der Waals surface area contributed by atoms with Crippen LogP contribution in [0.1, 0.15) is 35.7 Å². The highest BCUT2D eigenvalue weighted by Gasteiger charge is 2.30. The maximum absolute atomic E-state index is 12.4. The van der Waals surface area contributed by atoms with Gasteiger partial charge in [0.15, 0.2) is 0 Å². The fraction of sp³-hybridized carbons (Fsp3) is 0.500. The molecule has 1 unspecified atom stereocenters. The van der Waals surface area contributed by atoms with Gasteiger partial charge in [-0.1, -0.05) is 13.3 Å². The summed E-state index contributed by atoms with van der Waals surface area (Å²) in [6, 6.07) is 4.18. The number of amides is 1. The van der Waals surface area contributed by atoms with Gasteiger partial charge in [-0.2, -0.15) is 13.2 Å². The van der Waals surface area contributed by atoms with Gasteiger partial charge in [-0.05, 0) is 43.1 Å². The van der Waals surface area contributed by atoms with Gasteiger partial charge in [0.1, 0.15) is 0 Å². The van der Waals surface area contributed by atoms with Gasteiger partial charge >= 0.3 is 6.18 Å². The van der Waals surface area contributed by atoms with Gasteiger partial charge in [0.25, 0.3) is 5.91 Å². The fourth-order valence-corrected chi connectivity index (χ4v) is 1.84. The zero-order chi connectivity index (χ0) is 15.2. The number of hydrogen-bond donors (Lipinski definition) is 2. The fourth-order valence-electron chi connectivity index (χ4n) is 1.84. The summed E-state index contributed by atoms with van der Waals surface area (Å²) in [4.78, 5) is 11.8. The molecule has 0 aliphatic rings. The van der Waals surface area contributed by atoms with Crippen LogP contribution in [-0.2, 0) is 6.18 Å². The van der Waals surface area contributed by atoms with Gasteiger partial charge in [-0.25, -0.2) is 0 Å². The van der Waals surface area contributed by atoms with Crippen LogP contribution in [0.5, 0.6) is 0 Å². The lowest BCUT2D eigenvalue weighted by Crippen LogP contribution is -2.30. The molecular weight excluding hydrogens is 269 g/mol. The Morgan fingerprint density at radius 2 is 1.90 bits per heavy atom. The molecule has 1 rings (SSSR count). The molecule has 0 saturated heterocycles. The average molecular weight is 288 g/mol. The van der Waals surface area contributed by atoms with Crippen LogP contribution in [0.2, 0.25) is 0 Å². The third-order valence-electron chi connectivity index (χ3n) is 3.18. The van der Waals surface area contributed by atoms with E-state index in [1.54, 1.807) is 0 Å². The number of carbonyl (C=O) groups is 1. The summed E-state index contributed by atoms with van der Waals surface area (Å²) >= 11 is 0. The SMILES string of the molecule is CCC(CCN)CNC(=O)c1ccc(C(F)(F)F)cc1. The first-order chi connectivity index (χ1) is 9.38. The number of nitrogens with one attached hydrogen (secondary N) is 1. The molecule has 112 valence electrons. The molecule has 20 heavy (non-hydrogen) atoms. The van der Waals surface area contributed by atoms with Crippen molar-refractivity contribution >= 4 is 5.91 Å². The second kappa shape index (κ2) is 7.28. The van der Waals surface area contributed by atoms with Crippen molar-refractivity contribution in [3.63, 3.8) is 0 Å². The Morgan fingerprint density at radius 1 is 1.30 bits per heavy atom. The molecule has 0 aliphatic heterocycles. The molecule has 0 bridgehead atoms. The summed E-state index contributed by atoms with van der Waals surface area (Å²) in [5.74, 6) is -0.0763. The Labute approximate surface area is 116 Å². The summed E-state index contributed by atoms with van der Waals surface area (Å²) in [6.07, 6.45) is -2.68. The van der Waals surface area contributed by atoms with Crippen LogP contribution in [0.3, 0.4) is 0 Å². The summed E-state index contributed by atoms with van der Waals surface area (Å²) in [7, 11) is 0. The van der Waals surface area contributed by atoms with Gasteiger partial charge in [-0.3, -0.25) is 4.79 Å². The Morgan fingerprint density at radius 3 is 2.35 bits per heavy atom. The van der Waals surface area contributed by atoms with Crippen molar-refractivity contribution in [1.29, 1.82) is 0 Å². The summed E-state index contributed by atoms with van der Waals surface area (Å²) in [5, 5.41) is 2.72. The Hall–Kier alpha value is -1.56. The smallest absolute Gasteiger partial charge is 0.352 e. The van der Waals surface area contributed by atoms with Crippen molar-refractivity contribution in [2.24, 2.45) is 11.7 Å². The molecule has 1 aromatic rings. The number of rotatable bonds is 6. The summed E-state index contributed by atoms with van der Waals surface area (Å²) in [6.45, 7) is 3.03. The van der Waals surface area contributed by atoms with Crippen molar-refractivity contribution in [2.75, 3.05) is 13.1 Å². The van der Waals surface area contributed by atoms with E-state index in [1.165, 1.54) is 12.1 Å². The van der Waals surface area contributed by atoms with Crippen LogP contribution in [0.15, 0.2) is 24.3 Å². The number of halogens is 3. The second-order valence-corrected chi connectivity index (χ2v) is 4.64. The van der Waals surface area contributed by atoms with Crippen LogP contribution in [0, 0.1) is 5.92 Å². The molecule has 1 atom stereocenters. The standard InChI is InChI=1S/C14H19F3N2O/c1-2-10(7-8-18)9-19-13(20)11-3-5-12(6-4-11)14(15,16)17/h3-6,10H,2,7-9,18H2,1H3,(H,19,20). The molecule has 3 N–H and O–H groups in total. The number of hydrogen-bond acceptors (Lipinski definition) is 2. The molecule has 6 heteroatoms. The molecule has 0 heterocycles. The molecule has 0 spiro atoms. The van der Waals surface area contributed by atoms with Gasteiger partial charge in [0, 0.05) is 12.1 Å². The molecule has 0 radical (unpaired) electrons. The monoisotopic (exact) mass is 288 g/mol. The number of benzene rings is 1. The van der Waals surface area contributed by atoms with Gasteiger partial charge < -0.3 is 11.1 Å². The first kappa shape index (κ1) is 16.5. The van der Waals surface area contributed by atoms with Crippen LogP contribution in [-0.4, -0.2) is 19.0 Å². The number of alkyl halides is 3. The minimum atomic E-state index is -4.39. The highest BCUT2D eigenvalue weighted by Crippen LogP contribution is 2.29. The molecule has 1 amide bonds. The third kappa shape index (κ3) is 4.85. The van der Waals surface area contributed by atoms with E-state index in [9.17, 15) is 18.0 Å². The quantitative estimate of drug-likeness (QED) is 0.845. The third-order valence-corrected chi connectivity index (χ3v) is 3.18. The lowest BCUT2D eigenvalue weighted by Gasteiger charge is -2.14. The van der Waals surface area contributed by atoms with Crippen molar-refractivity contribution in [3.8, 4) is 0 Å². The van der Waals surface area contributed by atoms with E-state index in [0.29, 0.717) is 19.0 Å². The Bertz CT molecular complexity index is 429. The predicted molar refractivity (Wildman–Crippen MR) is 71.2 cm³/mol. The van der Waals surface area contributed by atoms with Crippen molar-refractivity contribution in [2.45, 2.75) is 25.9 Å². The van der Waals surface area contributed by atoms with Crippen LogP contribution >= 0.6 is 0 Å². The highest BCUT2D eigenvalue weighted by atomic mass is 19.4. The van der Waals surface area contributed by atoms with Gasteiger partial charge in [0.05, 0.1) is 5.56 Å².